The summed E-state index contributed by atoms with van der Waals surface area (Å²) in [6.45, 7) is 35.4. The highest BCUT2D eigenvalue weighted by Crippen LogP contribution is 2.54. The van der Waals surface area contributed by atoms with Crippen LogP contribution in [-0.2, 0) is 27.1 Å². The topological polar surface area (TPSA) is 88.7 Å². The first kappa shape index (κ1) is 85.7. The van der Waals surface area contributed by atoms with Crippen LogP contribution in [0.25, 0.3) is 231 Å². The summed E-state index contributed by atoms with van der Waals surface area (Å²) >= 11 is 0. The van der Waals surface area contributed by atoms with Crippen molar-refractivity contribution >= 4 is 175 Å². The van der Waals surface area contributed by atoms with Gasteiger partial charge >= 0.3 is 0 Å². The van der Waals surface area contributed by atoms with Crippen molar-refractivity contribution in [3.05, 3.63) is 434 Å². The molecule has 27 aromatic rings. The zero-order chi connectivity index (χ0) is 102. The van der Waals surface area contributed by atoms with Gasteiger partial charge in [-0.05, 0) is 192 Å². The molecule has 0 saturated heterocycles. The first-order valence-corrected chi connectivity index (χ1v) is 49.6. The Balaban J connectivity index is 0.000000102. The summed E-state index contributed by atoms with van der Waals surface area (Å²) in [4.78, 5) is 0. The monoisotopic (exact) mass is 1860 g/mol. The van der Waals surface area contributed by atoms with Crippen molar-refractivity contribution in [1.82, 2.24) is 9.13 Å². The number of rotatable bonds is 6. The molecule has 8 aromatic heterocycles. The van der Waals surface area contributed by atoms with Crippen LogP contribution in [0.3, 0.4) is 0 Å². The highest BCUT2D eigenvalue weighted by molar-refractivity contribution is 6.25. The van der Waals surface area contributed by atoms with E-state index in [2.05, 4.69) is 398 Å². The summed E-state index contributed by atoms with van der Waals surface area (Å²) in [7, 11) is 0. The fraction of sp³-hybridized carbons (Fsp3) is 0.156. The molecule has 0 aliphatic rings. The number of hydrogen-bond donors (Lipinski definition) is 0. The smallest absolute Gasteiger partial charge is 0.142 e. The molecule has 0 aliphatic carbocycles. The van der Waals surface area contributed by atoms with Crippen LogP contribution in [0, 0.1) is 6.92 Å². The van der Waals surface area contributed by atoms with Crippen LogP contribution in [0.15, 0.2) is 427 Å². The highest BCUT2D eigenvalue weighted by Gasteiger charge is 2.35. The van der Waals surface area contributed by atoms with Crippen LogP contribution in [-0.4, -0.2) is 9.13 Å². The number of para-hydroxylation sites is 8. The molecule has 0 unspecified atom stereocenters. The summed E-state index contributed by atoms with van der Waals surface area (Å²) in [6, 6.07) is 131. The van der Waals surface area contributed by atoms with Gasteiger partial charge in [0.1, 0.15) is 67.0 Å². The van der Waals surface area contributed by atoms with Gasteiger partial charge in [-0.15, -0.1) is 0 Å². The van der Waals surface area contributed by atoms with Crippen LogP contribution in [0.4, 0.5) is 0 Å². The molecule has 0 bridgehead atoms. The van der Waals surface area contributed by atoms with Crippen molar-refractivity contribution in [3.63, 3.8) is 0 Å². The van der Waals surface area contributed by atoms with E-state index in [1.807, 2.05) is 91.0 Å². The first-order valence-electron chi connectivity index (χ1n) is 51.6. The lowest BCUT2D eigenvalue weighted by Gasteiger charge is -2.25. The van der Waals surface area contributed by atoms with E-state index in [0.717, 1.165) is 143 Å². The molecule has 0 spiro atoms. The molecule has 0 saturated carbocycles. The van der Waals surface area contributed by atoms with E-state index in [9.17, 15) is 0 Å². The molecular weight excluding hydrogens is 1750 g/mol. The Kier molecular flexibility index (Phi) is 21.1. The maximum absolute atomic E-state index is 8.79. The number of hydrogen-bond acceptors (Lipinski definition) is 6. The molecule has 143 heavy (non-hydrogen) atoms. The zero-order valence-electron chi connectivity index (χ0n) is 87.6. The van der Waals surface area contributed by atoms with Gasteiger partial charge in [0.2, 0.25) is 0 Å². The van der Waals surface area contributed by atoms with Gasteiger partial charge in [-0.25, -0.2) is 0 Å². The molecule has 0 N–H and O–H groups in total. The Labute approximate surface area is 838 Å². The molecule has 700 valence electrons. The van der Waals surface area contributed by atoms with Crippen molar-refractivity contribution in [1.29, 1.82) is 0 Å². The van der Waals surface area contributed by atoms with E-state index in [0.29, 0.717) is 11.1 Å². The number of furan rings is 6. The Morgan fingerprint density at radius 1 is 0.203 bits per heavy atom. The molecule has 0 radical (unpaired) electrons. The summed E-state index contributed by atoms with van der Waals surface area (Å²) in [5, 5.41) is 19.0. The normalized spacial score (nSPS) is 12.7. The number of fused-ring (bicyclic) bond motifs is 24. The minimum Gasteiger partial charge on any atom is -0.456 e. The van der Waals surface area contributed by atoms with Gasteiger partial charge in [0.15, 0.2) is 0 Å². The van der Waals surface area contributed by atoms with Gasteiger partial charge in [0.05, 0.1) is 27.5 Å². The third kappa shape index (κ3) is 15.9. The molecule has 0 amide bonds. The summed E-state index contributed by atoms with van der Waals surface area (Å²) < 4.78 is 76.5. The first-order chi connectivity index (χ1) is 70.8. The molecule has 8 heteroatoms. The zero-order valence-corrected chi connectivity index (χ0v) is 83.6. The van der Waals surface area contributed by atoms with Crippen LogP contribution in [0.2, 0.25) is 0 Å². The van der Waals surface area contributed by atoms with Gasteiger partial charge in [-0.3, -0.25) is 0 Å². The predicted molar refractivity (Wildman–Crippen MR) is 605 cm³/mol. The van der Waals surface area contributed by atoms with Gasteiger partial charge in [-0.1, -0.05) is 407 Å². The van der Waals surface area contributed by atoms with Crippen LogP contribution < -0.4 is 0 Å². The summed E-state index contributed by atoms with van der Waals surface area (Å²) in [6.07, 6.45) is 0. The SMILES string of the molecule is CC(C)(C)c1c(-c2ccccc2)ccc2c1c1ccccc1n2-c1ccccc1.CC(C)(C)c1c2c(cc3oc4cccc(-c5ccccc5)c4c13)oc1cccc(-c3ccccc3)c12.CC(C)(C)c1c2c(cc3oc4ccccc4c13)oc1ccccc12.CC(C)(C)c1c2oc3ccccc3c2cc2c1oc1ccccc12.[2H]c1c([2H])c(C)c([2H])c(-c2ccc3c(c2C(C)(C)C)c2ccccc2n3-c2ccccc2)c1[2H]. The lowest BCUT2D eigenvalue weighted by Crippen LogP contribution is -2.13. The lowest BCUT2D eigenvalue weighted by atomic mass is 9.79. The van der Waals surface area contributed by atoms with E-state index in [1.165, 1.54) is 110 Å². The summed E-state index contributed by atoms with van der Waals surface area (Å²) in [5.41, 5.74) is 32.5. The second-order valence-electron chi connectivity index (χ2n) is 42.9. The average Bonchev–Trinajstić information content (AvgIpc) is 1.55. The molecule has 0 fully saturated rings. The molecular formula is C135H114N2O6. The molecule has 0 atom stereocenters. The Morgan fingerprint density at radius 3 is 0.902 bits per heavy atom. The number of aromatic nitrogens is 2. The van der Waals surface area contributed by atoms with E-state index >= 15 is 0 Å². The van der Waals surface area contributed by atoms with Crippen LogP contribution >= 0.6 is 0 Å². The minimum absolute atomic E-state index is 0.0102. The highest BCUT2D eigenvalue weighted by atomic mass is 16.4. The van der Waals surface area contributed by atoms with Crippen LogP contribution in [0.5, 0.6) is 0 Å². The third-order valence-corrected chi connectivity index (χ3v) is 28.0. The van der Waals surface area contributed by atoms with Crippen LogP contribution in [0.1, 0.15) is 143 Å². The van der Waals surface area contributed by atoms with Gasteiger partial charge < -0.3 is 35.6 Å². The van der Waals surface area contributed by atoms with Crippen molar-refractivity contribution in [2.75, 3.05) is 0 Å². The van der Waals surface area contributed by atoms with Gasteiger partial charge in [0.25, 0.3) is 0 Å². The van der Waals surface area contributed by atoms with E-state index in [1.54, 1.807) is 6.92 Å². The van der Waals surface area contributed by atoms with Crippen molar-refractivity contribution < 1.29 is 32.0 Å². The third-order valence-electron chi connectivity index (χ3n) is 28.0. The van der Waals surface area contributed by atoms with Crippen molar-refractivity contribution in [2.24, 2.45) is 0 Å². The summed E-state index contributed by atoms with van der Waals surface area (Å²) in [5.74, 6) is 0. The quantitative estimate of drug-likeness (QED) is 0.165. The Bertz CT molecular complexity index is 9510. The second-order valence-corrected chi connectivity index (χ2v) is 42.9. The fourth-order valence-electron chi connectivity index (χ4n) is 22.3. The lowest BCUT2D eigenvalue weighted by molar-refractivity contribution is 0.559. The number of nitrogens with zero attached hydrogens (tertiary/aromatic N) is 2. The minimum atomic E-state index is -0.297. The second kappa shape index (κ2) is 35.1. The molecule has 8 nitrogen and oxygen atoms in total. The Hall–Kier alpha value is -16.4. The Morgan fingerprint density at radius 2 is 0.510 bits per heavy atom. The van der Waals surface area contributed by atoms with Gasteiger partial charge in [0, 0.05) is 115 Å². The molecule has 0 aliphatic heterocycles. The molecule has 27 rings (SSSR count). The van der Waals surface area contributed by atoms with Crippen molar-refractivity contribution in [3.8, 4) is 55.9 Å². The van der Waals surface area contributed by atoms with E-state index in [-0.39, 0.29) is 51.2 Å². The largest absolute Gasteiger partial charge is 0.456 e. The van der Waals surface area contributed by atoms with Crippen molar-refractivity contribution in [2.45, 2.75) is 138 Å². The molecule has 19 aromatic carbocycles. The maximum Gasteiger partial charge on any atom is 0.142 e. The predicted octanol–water partition coefficient (Wildman–Crippen LogP) is 39.5. The maximum atomic E-state index is 8.79. The van der Waals surface area contributed by atoms with E-state index < -0.39 is 0 Å². The van der Waals surface area contributed by atoms with Gasteiger partial charge in [-0.2, -0.15) is 0 Å². The number of benzene rings is 19. The standard InChI is InChI=1S/C34H26O2.C29H27N.C28H25N.2C22H18O2/c1-34(2,3)33-31-27(35-25-18-10-16-23(29(25)31)21-12-6-4-7-13-21)20-28-32(33)30-24(17-11-19-26(30)36-28)22-14-8-5-9-15-22;1-20-11-10-12-21(19-20)23-17-18-26-27(28(23)29(2,3)4)24-15-8-9-16-25(24)30(26)22-13-6-5-7-14-22;1-28(2,3)27-22(20-12-6-4-7-13-20)18-19-25-26(27)23-16-10-11-17-24(23)29(25)21-14-8-5-9-15-21;1-22(2,3)19-20-15(13-8-4-6-10-17(13)23-20)12-16-14-9-5-7-11-18(14)24-21(16)19;1-22(2,3)21-19-13-8-4-6-10-15(13)23-17(19)12-18-20(21)14-9-5-7-11-16(14)24-18/h4-20H,1-3H3;5-19H,1-4H3;4-19H,1-3H3;2*4-12H,1-3H3/i;10D,11D,12D,19D;;;. The fourth-order valence-corrected chi connectivity index (χ4v) is 22.3. The van der Waals surface area contributed by atoms with E-state index in [4.69, 9.17) is 32.0 Å². The average molecular weight is 1860 g/mol. The molecule has 8 heterocycles.